The molecular formula is C13H18BRh-. The van der Waals surface area contributed by atoms with Crippen LogP contribution in [0.25, 0.3) is 0 Å². The van der Waals surface area contributed by atoms with E-state index in [1.165, 1.54) is 25.7 Å². The Hall–Kier alpha value is -0.482. The predicted molar refractivity (Wildman–Crippen MR) is 65.9 cm³/mol. The van der Waals surface area contributed by atoms with Crippen molar-refractivity contribution in [3.8, 4) is 0 Å². The molecule has 1 radical (unpaired) electrons. The fraction of sp³-hybridized carbons (Fsp3) is 0.308. The van der Waals surface area contributed by atoms with Crippen LogP contribution in [0.1, 0.15) is 25.7 Å². The van der Waals surface area contributed by atoms with Crippen LogP contribution in [0.3, 0.4) is 0 Å². The van der Waals surface area contributed by atoms with Crippen molar-refractivity contribution in [1.29, 1.82) is 0 Å². The molecule has 1 aliphatic rings. The smallest absolute Gasteiger partial charge is 0 e. The van der Waals surface area contributed by atoms with E-state index in [1.807, 2.05) is 6.07 Å². The van der Waals surface area contributed by atoms with Gasteiger partial charge in [0.1, 0.15) is 0 Å². The van der Waals surface area contributed by atoms with Crippen LogP contribution in [0.4, 0.5) is 0 Å². The molecule has 1 aromatic heterocycles. The Kier molecular flexibility index (Phi) is 11.2. The normalized spacial score (nSPS) is 18.1. The maximum absolute atomic E-state index is 2.27. The molecule has 0 unspecified atom stereocenters. The molecule has 1 heterocycles. The zero-order valence-electron chi connectivity index (χ0n) is 9.07. The van der Waals surface area contributed by atoms with E-state index in [0.717, 1.165) is 6.91 Å². The van der Waals surface area contributed by atoms with Crippen LogP contribution in [0.5, 0.6) is 0 Å². The van der Waals surface area contributed by atoms with E-state index in [2.05, 4.69) is 48.4 Å². The van der Waals surface area contributed by atoms with Crippen molar-refractivity contribution in [2.75, 3.05) is 0 Å². The van der Waals surface area contributed by atoms with Gasteiger partial charge in [-0.3, -0.25) is 11.9 Å². The van der Waals surface area contributed by atoms with Crippen molar-refractivity contribution in [3.05, 3.63) is 54.4 Å². The van der Waals surface area contributed by atoms with Gasteiger partial charge < -0.3 is 0 Å². The van der Waals surface area contributed by atoms with Crippen LogP contribution in [0.15, 0.2) is 54.4 Å². The van der Waals surface area contributed by atoms with Crippen LogP contribution in [0.2, 0.25) is 0 Å². The minimum Gasteiger partial charge on any atom is -0.268 e. The standard InChI is InChI=1S/C8H12.C5H6B.Rh/c1-2-4-6-8-7-5-3-1;1-2-4-6-5-3-1;/h1-2,7-8H,3-6H2;1-6H;/q;-1;/b2-1-,8-7-;;. The maximum Gasteiger partial charge on any atom is 0 e. The predicted octanol–water partition coefficient (Wildman–Crippen LogP) is 3.43. The van der Waals surface area contributed by atoms with Gasteiger partial charge in [-0.05, 0) is 25.7 Å². The Morgan fingerprint density at radius 3 is 1.20 bits per heavy atom. The minimum absolute atomic E-state index is 0. The summed E-state index contributed by atoms with van der Waals surface area (Å²) in [4.78, 5) is 0. The maximum atomic E-state index is 2.27. The summed E-state index contributed by atoms with van der Waals surface area (Å²) in [5.41, 5.74) is 0. The van der Waals surface area contributed by atoms with E-state index >= 15 is 0 Å². The van der Waals surface area contributed by atoms with Gasteiger partial charge in [-0.2, -0.15) is 0 Å². The third-order valence-corrected chi connectivity index (χ3v) is 2.10. The summed E-state index contributed by atoms with van der Waals surface area (Å²) in [6.45, 7) is 1.11. The topological polar surface area (TPSA) is 0 Å². The van der Waals surface area contributed by atoms with Gasteiger partial charge in [0, 0.05) is 19.5 Å². The molecule has 2 heteroatoms. The van der Waals surface area contributed by atoms with Gasteiger partial charge in [0.15, 0.2) is 0 Å². The molecule has 0 atom stereocenters. The summed E-state index contributed by atoms with van der Waals surface area (Å²) < 4.78 is 0. The van der Waals surface area contributed by atoms with E-state index in [-0.39, 0.29) is 19.5 Å². The van der Waals surface area contributed by atoms with Gasteiger partial charge in [-0.1, -0.05) is 30.4 Å². The summed E-state index contributed by atoms with van der Waals surface area (Å²) in [5.74, 6) is 4.25. The molecule has 0 aliphatic heterocycles. The van der Waals surface area contributed by atoms with Crippen LogP contribution >= 0.6 is 0 Å². The minimum atomic E-state index is 0. The first kappa shape index (κ1) is 14.5. The molecule has 0 N–H and O–H groups in total. The Bertz CT molecular complexity index is 214. The first-order valence-corrected chi connectivity index (χ1v) is 5.45. The van der Waals surface area contributed by atoms with E-state index in [1.54, 1.807) is 0 Å². The first-order valence-electron chi connectivity index (χ1n) is 5.45. The zero-order valence-corrected chi connectivity index (χ0v) is 10.7. The average molecular weight is 288 g/mol. The van der Waals surface area contributed by atoms with E-state index in [9.17, 15) is 0 Å². The summed E-state index contributed by atoms with van der Waals surface area (Å²) >= 11 is 0. The summed E-state index contributed by atoms with van der Waals surface area (Å²) in [6, 6.07) is 6.14. The number of rotatable bonds is 0. The van der Waals surface area contributed by atoms with Crippen molar-refractivity contribution >= 4 is 6.91 Å². The molecule has 83 valence electrons. The Balaban J connectivity index is 0.000000253. The molecule has 0 amide bonds. The Morgan fingerprint density at radius 1 is 0.600 bits per heavy atom. The molecule has 1 aromatic rings. The second-order valence-corrected chi connectivity index (χ2v) is 3.38. The van der Waals surface area contributed by atoms with Crippen molar-refractivity contribution in [1.82, 2.24) is 0 Å². The molecule has 0 spiro atoms. The molecule has 2 rings (SSSR count). The first-order chi connectivity index (χ1) is 7.00. The van der Waals surface area contributed by atoms with Crippen LogP contribution < -0.4 is 0 Å². The molecule has 0 fully saturated rings. The fourth-order valence-electron chi connectivity index (χ4n) is 1.31. The number of hydrogen-bond donors (Lipinski definition) is 0. The molecule has 1 aliphatic carbocycles. The molecule has 0 saturated carbocycles. The number of hydrogen-bond acceptors (Lipinski definition) is 0. The Labute approximate surface area is 106 Å². The molecular weight excluding hydrogens is 270 g/mol. The van der Waals surface area contributed by atoms with Gasteiger partial charge >= 0.3 is 0 Å². The van der Waals surface area contributed by atoms with E-state index in [4.69, 9.17) is 0 Å². The van der Waals surface area contributed by atoms with Crippen LogP contribution in [0, 0.1) is 0 Å². The third-order valence-electron chi connectivity index (χ3n) is 2.10. The van der Waals surface area contributed by atoms with Gasteiger partial charge in [0.25, 0.3) is 0 Å². The number of allylic oxidation sites excluding steroid dienone is 4. The Morgan fingerprint density at radius 2 is 1.00 bits per heavy atom. The van der Waals surface area contributed by atoms with Crippen LogP contribution in [-0.4, -0.2) is 6.91 Å². The monoisotopic (exact) mass is 288 g/mol. The van der Waals surface area contributed by atoms with Crippen molar-refractivity contribution in [3.63, 3.8) is 0 Å². The second-order valence-electron chi connectivity index (χ2n) is 3.38. The van der Waals surface area contributed by atoms with Gasteiger partial charge in [-0.25, -0.2) is 0 Å². The molecule has 15 heavy (non-hydrogen) atoms. The summed E-state index contributed by atoms with van der Waals surface area (Å²) in [6.07, 6.45) is 14.0. The summed E-state index contributed by atoms with van der Waals surface area (Å²) in [7, 11) is 0. The zero-order chi connectivity index (χ0) is 9.90. The molecule has 0 aromatic carbocycles. The summed E-state index contributed by atoms with van der Waals surface area (Å²) in [5, 5.41) is 0. The van der Waals surface area contributed by atoms with E-state index in [0.29, 0.717) is 0 Å². The van der Waals surface area contributed by atoms with Crippen molar-refractivity contribution in [2.45, 2.75) is 25.7 Å². The van der Waals surface area contributed by atoms with Crippen LogP contribution in [-0.2, 0) is 19.5 Å². The molecule has 0 bridgehead atoms. The quantitative estimate of drug-likeness (QED) is 0.507. The molecule has 0 nitrogen and oxygen atoms in total. The second kappa shape index (κ2) is 11.6. The van der Waals surface area contributed by atoms with Gasteiger partial charge in [0.05, 0.1) is 0 Å². The van der Waals surface area contributed by atoms with Crippen molar-refractivity contribution < 1.29 is 19.5 Å². The van der Waals surface area contributed by atoms with Crippen molar-refractivity contribution in [2.24, 2.45) is 0 Å². The van der Waals surface area contributed by atoms with E-state index < -0.39 is 0 Å². The third kappa shape index (κ3) is 9.81. The molecule has 0 saturated heterocycles. The largest absolute Gasteiger partial charge is 0.268 e. The van der Waals surface area contributed by atoms with Gasteiger partial charge in [0.2, 0.25) is 0 Å². The average Bonchev–Trinajstić information content (AvgIpc) is 2.20. The SMILES string of the molecule is C1=C\CC/C=C\CC/1.[Rh].[bH-]1ccccc1. The van der Waals surface area contributed by atoms with Gasteiger partial charge in [-0.15, -0.1) is 19.0 Å². The fourth-order valence-corrected chi connectivity index (χ4v) is 1.31.